The van der Waals surface area contributed by atoms with Crippen LogP contribution in [0.15, 0.2) is 54.7 Å². The molecule has 5 rings (SSSR count). The predicted octanol–water partition coefficient (Wildman–Crippen LogP) is 4.52. The van der Waals surface area contributed by atoms with Crippen molar-refractivity contribution >= 4 is 17.4 Å². The summed E-state index contributed by atoms with van der Waals surface area (Å²) in [5, 5.41) is 7.16. The highest BCUT2D eigenvalue weighted by Crippen LogP contribution is 2.45. The normalized spacial score (nSPS) is 19.7. The van der Waals surface area contributed by atoms with E-state index in [4.69, 9.17) is 9.47 Å². The molecule has 1 N–H and O–H groups in total. The van der Waals surface area contributed by atoms with E-state index in [-0.39, 0.29) is 23.7 Å². The third kappa shape index (κ3) is 4.77. The Hall–Kier alpha value is -3.89. The summed E-state index contributed by atoms with van der Waals surface area (Å²) in [6.45, 7) is 1.98. The second-order valence-electron chi connectivity index (χ2n) is 9.07. The van der Waals surface area contributed by atoms with Crippen LogP contribution in [0.1, 0.15) is 34.4 Å². The highest BCUT2D eigenvalue weighted by molar-refractivity contribution is 5.99. The number of nitrogens with one attached hydrogen (secondary N) is 1. The molecular formula is C26H28F3N5O3. The zero-order chi connectivity index (χ0) is 26.2. The molecule has 0 unspecified atom stereocenters. The van der Waals surface area contributed by atoms with Crippen molar-refractivity contribution in [1.82, 2.24) is 14.7 Å². The van der Waals surface area contributed by atoms with Gasteiger partial charge in [0.2, 0.25) is 0 Å². The smallest absolute Gasteiger partial charge is 0.410 e. The van der Waals surface area contributed by atoms with Crippen LogP contribution in [0.2, 0.25) is 0 Å². The van der Waals surface area contributed by atoms with Gasteiger partial charge in [0.05, 0.1) is 32.1 Å². The molecule has 3 aromatic rings. The van der Waals surface area contributed by atoms with Gasteiger partial charge in [0.1, 0.15) is 22.9 Å². The second-order valence-corrected chi connectivity index (χ2v) is 9.07. The number of piperazine rings is 1. The maximum absolute atomic E-state index is 14.1. The lowest BCUT2D eigenvalue weighted by Crippen LogP contribution is -2.49. The molecule has 2 atom stereocenters. The summed E-state index contributed by atoms with van der Waals surface area (Å²) in [5.41, 5.74) is 1.72. The zero-order valence-electron chi connectivity index (χ0n) is 20.5. The van der Waals surface area contributed by atoms with Crippen LogP contribution in [-0.2, 0) is 0 Å². The molecule has 8 nitrogen and oxygen atoms in total. The lowest BCUT2D eigenvalue weighted by Gasteiger charge is -2.37. The number of benzene rings is 2. The number of amides is 1. The minimum Gasteiger partial charge on any atom is -0.497 e. The summed E-state index contributed by atoms with van der Waals surface area (Å²) in [4.78, 5) is 17.3. The first-order chi connectivity index (χ1) is 17.8. The lowest BCUT2D eigenvalue weighted by atomic mass is 9.96. The minimum atomic E-state index is -4.53. The summed E-state index contributed by atoms with van der Waals surface area (Å²) >= 11 is 0. The number of carbonyl (C=O) groups is 1. The topological polar surface area (TPSA) is 71.9 Å². The van der Waals surface area contributed by atoms with Gasteiger partial charge < -0.3 is 24.6 Å². The number of hydrogen-bond acceptors (Lipinski definition) is 6. The maximum Gasteiger partial charge on any atom is 0.410 e. The van der Waals surface area contributed by atoms with Crippen LogP contribution in [0.25, 0.3) is 0 Å². The van der Waals surface area contributed by atoms with E-state index in [1.807, 2.05) is 24.3 Å². The number of ether oxygens (including phenoxy) is 2. The van der Waals surface area contributed by atoms with E-state index in [0.717, 1.165) is 16.1 Å². The van der Waals surface area contributed by atoms with Crippen LogP contribution in [0.5, 0.6) is 11.5 Å². The van der Waals surface area contributed by atoms with E-state index >= 15 is 0 Å². The van der Waals surface area contributed by atoms with Gasteiger partial charge in [-0.1, -0.05) is 24.3 Å². The molecule has 37 heavy (non-hydrogen) atoms. The van der Waals surface area contributed by atoms with Gasteiger partial charge in [0.25, 0.3) is 5.91 Å². The van der Waals surface area contributed by atoms with Crippen molar-refractivity contribution in [3.63, 3.8) is 0 Å². The fourth-order valence-electron chi connectivity index (χ4n) is 5.01. The third-order valence-electron chi connectivity index (χ3n) is 6.96. The number of halogens is 3. The Morgan fingerprint density at radius 1 is 1.03 bits per heavy atom. The number of methoxy groups -OCH3 is 2. The molecule has 1 amide bonds. The van der Waals surface area contributed by atoms with Gasteiger partial charge in [0, 0.05) is 32.6 Å². The van der Waals surface area contributed by atoms with Crippen LogP contribution in [0, 0.1) is 0 Å². The van der Waals surface area contributed by atoms with Crippen molar-refractivity contribution in [1.29, 1.82) is 0 Å². The Labute approximate surface area is 212 Å². The molecule has 0 radical (unpaired) electrons. The summed E-state index contributed by atoms with van der Waals surface area (Å²) in [6, 6.07) is 12.1. The van der Waals surface area contributed by atoms with E-state index in [1.54, 1.807) is 36.3 Å². The van der Waals surface area contributed by atoms with Crippen molar-refractivity contribution in [2.75, 3.05) is 50.6 Å². The van der Waals surface area contributed by atoms with Crippen molar-refractivity contribution < 1.29 is 27.4 Å². The monoisotopic (exact) mass is 515 g/mol. The molecule has 196 valence electrons. The molecule has 3 heterocycles. The lowest BCUT2D eigenvalue weighted by molar-refractivity contribution is -0.173. The molecule has 1 fully saturated rings. The molecule has 0 spiro atoms. The van der Waals surface area contributed by atoms with E-state index < -0.39 is 18.3 Å². The first-order valence-electron chi connectivity index (χ1n) is 12.0. The standard InChI is InChI=1S/C26H28F3N5O3/c1-36-18-7-5-6-17(14-18)20-15-23(26(27,28)29)34-24(31-20)19(16-30-34)25(35)33-12-10-32(11-13-33)21-8-3-4-9-22(21)37-2/h3-9,14,16,20,23,31H,10-13,15H2,1-2H3/t20-,23-/m1/s1. The Kier molecular flexibility index (Phi) is 6.61. The van der Waals surface area contributed by atoms with Crippen molar-refractivity contribution in [3.8, 4) is 11.5 Å². The molecular weight excluding hydrogens is 487 g/mol. The average molecular weight is 516 g/mol. The quantitative estimate of drug-likeness (QED) is 0.539. The van der Waals surface area contributed by atoms with Crippen LogP contribution >= 0.6 is 0 Å². The van der Waals surface area contributed by atoms with E-state index in [9.17, 15) is 18.0 Å². The molecule has 0 aliphatic carbocycles. The number of carbonyl (C=O) groups excluding carboxylic acids is 1. The van der Waals surface area contributed by atoms with Gasteiger partial charge in [-0.05, 0) is 29.8 Å². The Balaban J connectivity index is 1.38. The van der Waals surface area contributed by atoms with Crippen LogP contribution in [-0.4, -0.2) is 67.2 Å². The van der Waals surface area contributed by atoms with Gasteiger partial charge in [0.15, 0.2) is 6.04 Å². The molecule has 2 aliphatic heterocycles. The predicted molar refractivity (Wildman–Crippen MR) is 132 cm³/mol. The average Bonchev–Trinajstić information content (AvgIpc) is 3.35. The van der Waals surface area contributed by atoms with Gasteiger partial charge in [-0.2, -0.15) is 18.3 Å². The number of nitrogens with zero attached hydrogens (tertiary/aromatic N) is 4. The van der Waals surface area contributed by atoms with E-state index in [1.165, 1.54) is 13.3 Å². The number of hydrogen-bond donors (Lipinski definition) is 1. The Bertz CT molecular complexity index is 1270. The molecule has 0 bridgehead atoms. The summed E-state index contributed by atoms with van der Waals surface area (Å²) in [6.07, 6.45) is -3.54. The largest absolute Gasteiger partial charge is 0.497 e. The van der Waals surface area contributed by atoms with Gasteiger partial charge in [-0.3, -0.25) is 4.79 Å². The molecule has 0 saturated carbocycles. The SMILES string of the molecule is COc1cccc([C@H]2C[C@H](C(F)(F)F)n3ncc(C(=O)N4CCN(c5ccccc5OC)CC4)c3N2)c1. The van der Waals surface area contributed by atoms with E-state index in [0.29, 0.717) is 37.5 Å². The first-order valence-corrected chi connectivity index (χ1v) is 12.0. The number of para-hydroxylation sites is 2. The summed E-state index contributed by atoms with van der Waals surface area (Å²) in [5.74, 6) is 1.03. The Morgan fingerprint density at radius 2 is 1.78 bits per heavy atom. The van der Waals surface area contributed by atoms with Crippen molar-refractivity contribution in [2.24, 2.45) is 0 Å². The number of fused-ring (bicyclic) bond motifs is 1. The first kappa shape index (κ1) is 24.8. The van der Waals surface area contributed by atoms with Crippen LogP contribution < -0.4 is 19.7 Å². The van der Waals surface area contributed by atoms with E-state index in [2.05, 4.69) is 15.3 Å². The highest BCUT2D eigenvalue weighted by atomic mass is 19.4. The number of aromatic nitrogens is 2. The van der Waals surface area contributed by atoms with Gasteiger partial charge in [-0.25, -0.2) is 4.68 Å². The molecule has 2 aromatic carbocycles. The maximum atomic E-state index is 14.1. The second kappa shape index (κ2) is 9.87. The molecule has 1 saturated heterocycles. The number of anilines is 2. The summed E-state index contributed by atoms with van der Waals surface area (Å²) in [7, 11) is 3.12. The fourth-order valence-corrected chi connectivity index (χ4v) is 5.01. The minimum absolute atomic E-state index is 0.0820. The van der Waals surface area contributed by atoms with Crippen molar-refractivity contribution in [3.05, 3.63) is 65.9 Å². The Morgan fingerprint density at radius 3 is 2.49 bits per heavy atom. The number of alkyl halides is 3. The third-order valence-corrected chi connectivity index (χ3v) is 6.96. The molecule has 11 heteroatoms. The number of rotatable bonds is 5. The van der Waals surface area contributed by atoms with Gasteiger partial charge in [-0.15, -0.1) is 0 Å². The fraction of sp³-hybridized carbons (Fsp3) is 0.385. The molecule has 1 aromatic heterocycles. The zero-order valence-corrected chi connectivity index (χ0v) is 20.5. The highest BCUT2D eigenvalue weighted by Gasteiger charge is 2.47. The van der Waals surface area contributed by atoms with Crippen molar-refractivity contribution in [2.45, 2.75) is 24.7 Å². The van der Waals surface area contributed by atoms with Crippen LogP contribution in [0.4, 0.5) is 24.7 Å². The van der Waals surface area contributed by atoms with Crippen LogP contribution in [0.3, 0.4) is 0 Å². The summed E-state index contributed by atoms with van der Waals surface area (Å²) < 4.78 is 53.8. The molecule has 2 aliphatic rings. The van der Waals surface area contributed by atoms with Gasteiger partial charge >= 0.3 is 6.18 Å².